The predicted molar refractivity (Wildman–Crippen MR) is 131 cm³/mol. The van der Waals surface area contributed by atoms with Crippen molar-refractivity contribution in [1.29, 1.82) is 0 Å². The molecule has 0 saturated carbocycles. The van der Waals surface area contributed by atoms with Gasteiger partial charge in [-0.3, -0.25) is 0 Å². The van der Waals surface area contributed by atoms with Gasteiger partial charge in [0.25, 0.3) is 0 Å². The van der Waals surface area contributed by atoms with Crippen molar-refractivity contribution in [3.05, 3.63) is 108 Å². The van der Waals surface area contributed by atoms with Crippen LogP contribution in [-0.4, -0.2) is 0 Å². The minimum absolute atomic E-state index is 1.29. The number of hydrogen-bond acceptors (Lipinski definition) is 0. The first-order chi connectivity index (χ1) is 14.7. The minimum Gasteiger partial charge on any atom is -0.0616 e. The molecule has 0 aliphatic rings. The van der Waals surface area contributed by atoms with Gasteiger partial charge in [-0.05, 0) is 103 Å². The molecule has 0 saturated heterocycles. The Morgan fingerprint density at radius 3 is 1.13 bits per heavy atom. The Kier molecular flexibility index (Phi) is 3.70. The van der Waals surface area contributed by atoms with E-state index in [2.05, 4.69) is 111 Å². The fraction of sp³-hybridized carbons (Fsp3) is 0.0667. The molecule has 0 aromatic heterocycles. The Morgan fingerprint density at radius 1 is 0.367 bits per heavy atom. The van der Waals surface area contributed by atoms with Crippen LogP contribution >= 0.6 is 0 Å². The summed E-state index contributed by atoms with van der Waals surface area (Å²) in [7, 11) is 0. The molecule has 6 rings (SSSR count). The summed E-state index contributed by atoms with van der Waals surface area (Å²) in [6, 6.07) is 35.7. The van der Waals surface area contributed by atoms with Gasteiger partial charge in [-0.1, -0.05) is 72.8 Å². The zero-order valence-electron chi connectivity index (χ0n) is 17.2. The summed E-state index contributed by atoms with van der Waals surface area (Å²) in [4.78, 5) is 0. The molecule has 0 unspecified atom stereocenters. The smallest absolute Gasteiger partial charge is 0.00670 e. The van der Waals surface area contributed by atoms with Crippen molar-refractivity contribution in [2.75, 3.05) is 0 Å². The first-order valence-corrected chi connectivity index (χ1v) is 10.5. The molecule has 0 amide bonds. The molecule has 0 aliphatic carbocycles. The molecule has 0 spiro atoms. The second-order valence-corrected chi connectivity index (χ2v) is 8.36. The summed E-state index contributed by atoms with van der Waals surface area (Å²) in [5, 5.41) is 10.4. The molecule has 0 N–H and O–H groups in total. The molecule has 0 fully saturated rings. The highest BCUT2D eigenvalue weighted by atomic mass is 14.2. The molecule has 0 radical (unpaired) electrons. The molecule has 0 heteroatoms. The monoisotopic (exact) mass is 382 g/mol. The first-order valence-electron chi connectivity index (χ1n) is 10.5. The van der Waals surface area contributed by atoms with E-state index in [1.807, 2.05) is 0 Å². The van der Waals surface area contributed by atoms with Crippen LogP contribution in [-0.2, 0) is 0 Å². The Hall–Kier alpha value is -3.64. The van der Waals surface area contributed by atoms with Crippen molar-refractivity contribution in [2.24, 2.45) is 0 Å². The van der Waals surface area contributed by atoms with Gasteiger partial charge in [0.1, 0.15) is 0 Å². The van der Waals surface area contributed by atoms with Crippen LogP contribution in [0.25, 0.3) is 54.2 Å². The van der Waals surface area contributed by atoms with Gasteiger partial charge in [0.05, 0.1) is 0 Å². The molecular formula is C30H22. The van der Waals surface area contributed by atoms with E-state index in [0.717, 1.165) is 0 Å². The highest BCUT2D eigenvalue weighted by Crippen LogP contribution is 2.40. The van der Waals surface area contributed by atoms with Gasteiger partial charge in [0.15, 0.2) is 0 Å². The van der Waals surface area contributed by atoms with E-state index in [-0.39, 0.29) is 0 Å². The van der Waals surface area contributed by atoms with Crippen LogP contribution in [0.15, 0.2) is 97.1 Å². The third-order valence-electron chi connectivity index (χ3n) is 6.44. The van der Waals surface area contributed by atoms with E-state index in [1.54, 1.807) is 0 Å². The van der Waals surface area contributed by atoms with E-state index in [4.69, 9.17) is 0 Å². The first kappa shape index (κ1) is 17.2. The van der Waals surface area contributed by atoms with Gasteiger partial charge in [-0.2, -0.15) is 0 Å². The predicted octanol–water partition coefficient (Wildman–Crippen LogP) is 8.58. The Bertz CT molecular complexity index is 1480. The van der Waals surface area contributed by atoms with E-state index < -0.39 is 0 Å². The summed E-state index contributed by atoms with van der Waals surface area (Å²) in [5.74, 6) is 0. The largest absolute Gasteiger partial charge is 0.0616 e. The molecule has 6 aromatic carbocycles. The summed E-state index contributed by atoms with van der Waals surface area (Å²) in [6.07, 6.45) is 0. The van der Waals surface area contributed by atoms with Gasteiger partial charge in [0.2, 0.25) is 0 Å². The molecule has 30 heavy (non-hydrogen) atoms. The lowest BCUT2D eigenvalue weighted by Gasteiger charge is -2.17. The highest BCUT2D eigenvalue weighted by molar-refractivity contribution is 6.13. The van der Waals surface area contributed by atoms with E-state index in [0.29, 0.717) is 0 Å². The molecule has 0 atom stereocenters. The summed E-state index contributed by atoms with van der Waals surface area (Å²) in [5.41, 5.74) is 5.36. The van der Waals surface area contributed by atoms with Crippen LogP contribution in [0.4, 0.5) is 0 Å². The molecule has 0 bridgehead atoms. The van der Waals surface area contributed by atoms with E-state index in [1.165, 1.54) is 65.3 Å². The van der Waals surface area contributed by atoms with Crippen LogP contribution in [0.1, 0.15) is 11.1 Å². The van der Waals surface area contributed by atoms with Crippen LogP contribution < -0.4 is 0 Å². The van der Waals surface area contributed by atoms with Crippen molar-refractivity contribution >= 4 is 43.1 Å². The third-order valence-corrected chi connectivity index (χ3v) is 6.44. The standard InChI is InChI=1S/C30H22/c1-19-11-13-25-15-21-7-3-5-9-23(21)17-27(25)29(19)30-20(2)12-14-26-16-22-8-4-6-10-24(22)18-28(26)30/h3-18H,1-2H3. The maximum atomic E-state index is 2.37. The lowest BCUT2D eigenvalue weighted by molar-refractivity contribution is 1.45. The van der Waals surface area contributed by atoms with Gasteiger partial charge in [-0.15, -0.1) is 0 Å². The number of benzene rings is 6. The van der Waals surface area contributed by atoms with Crippen LogP contribution in [0, 0.1) is 13.8 Å². The molecule has 6 aromatic rings. The third kappa shape index (κ3) is 2.54. The van der Waals surface area contributed by atoms with E-state index >= 15 is 0 Å². The van der Waals surface area contributed by atoms with Gasteiger partial charge in [-0.25, -0.2) is 0 Å². The van der Waals surface area contributed by atoms with Crippen molar-refractivity contribution in [3.8, 4) is 11.1 Å². The topological polar surface area (TPSA) is 0 Å². The molecular weight excluding hydrogens is 360 g/mol. The van der Waals surface area contributed by atoms with Crippen LogP contribution in [0.5, 0.6) is 0 Å². The number of aryl methyl sites for hydroxylation is 2. The average Bonchev–Trinajstić information content (AvgIpc) is 2.77. The molecule has 0 nitrogen and oxygen atoms in total. The number of rotatable bonds is 1. The Morgan fingerprint density at radius 2 is 0.733 bits per heavy atom. The maximum Gasteiger partial charge on any atom is -0.00670 e. The normalized spacial score (nSPS) is 11.7. The fourth-order valence-electron chi connectivity index (χ4n) is 4.91. The van der Waals surface area contributed by atoms with Crippen LogP contribution in [0.3, 0.4) is 0 Å². The van der Waals surface area contributed by atoms with Crippen molar-refractivity contribution in [2.45, 2.75) is 13.8 Å². The molecule has 142 valence electrons. The average molecular weight is 383 g/mol. The number of fused-ring (bicyclic) bond motifs is 4. The van der Waals surface area contributed by atoms with Gasteiger partial charge >= 0.3 is 0 Å². The maximum absolute atomic E-state index is 2.37. The quantitative estimate of drug-likeness (QED) is 0.250. The van der Waals surface area contributed by atoms with Crippen molar-refractivity contribution < 1.29 is 0 Å². The fourth-order valence-corrected chi connectivity index (χ4v) is 4.91. The molecule has 0 aliphatic heterocycles. The van der Waals surface area contributed by atoms with E-state index in [9.17, 15) is 0 Å². The zero-order chi connectivity index (χ0) is 20.2. The zero-order valence-corrected chi connectivity index (χ0v) is 17.2. The molecule has 0 heterocycles. The van der Waals surface area contributed by atoms with Crippen LogP contribution in [0.2, 0.25) is 0 Å². The Labute approximate surface area is 176 Å². The minimum atomic E-state index is 1.29. The number of hydrogen-bond donors (Lipinski definition) is 0. The second kappa shape index (κ2) is 6.43. The summed E-state index contributed by atoms with van der Waals surface area (Å²) in [6.45, 7) is 4.48. The lowest BCUT2D eigenvalue weighted by Crippen LogP contribution is -1.92. The SMILES string of the molecule is Cc1ccc2cc3ccccc3cc2c1-c1c(C)ccc2cc3ccccc3cc12. The summed E-state index contributed by atoms with van der Waals surface area (Å²) >= 11 is 0. The van der Waals surface area contributed by atoms with Crippen molar-refractivity contribution in [3.63, 3.8) is 0 Å². The summed E-state index contributed by atoms with van der Waals surface area (Å²) < 4.78 is 0. The highest BCUT2D eigenvalue weighted by Gasteiger charge is 2.14. The second-order valence-electron chi connectivity index (χ2n) is 8.36. The van der Waals surface area contributed by atoms with Gasteiger partial charge in [0, 0.05) is 0 Å². The van der Waals surface area contributed by atoms with Crippen molar-refractivity contribution in [1.82, 2.24) is 0 Å². The van der Waals surface area contributed by atoms with Gasteiger partial charge < -0.3 is 0 Å². The Balaban J connectivity index is 1.78. The lowest BCUT2D eigenvalue weighted by atomic mass is 9.86.